The molecule has 0 radical (unpaired) electrons. The van der Waals surface area contributed by atoms with Crippen molar-refractivity contribution in [2.75, 3.05) is 30.9 Å². The van der Waals surface area contributed by atoms with Crippen molar-refractivity contribution in [3.05, 3.63) is 18.2 Å². The van der Waals surface area contributed by atoms with Crippen molar-refractivity contribution in [3.8, 4) is 5.75 Å². The van der Waals surface area contributed by atoms with Crippen LogP contribution in [0.5, 0.6) is 5.75 Å². The summed E-state index contributed by atoms with van der Waals surface area (Å²) >= 11 is 0. The van der Waals surface area contributed by atoms with Gasteiger partial charge < -0.3 is 15.0 Å². The van der Waals surface area contributed by atoms with Crippen molar-refractivity contribution < 1.29 is 9.53 Å². The Hall–Kier alpha value is -1.71. The first kappa shape index (κ1) is 9.83. The minimum atomic E-state index is 0.0499. The van der Waals surface area contributed by atoms with Crippen LogP contribution in [0.3, 0.4) is 0 Å². The van der Waals surface area contributed by atoms with Crippen molar-refractivity contribution in [3.63, 3.8) is 0 Å². The minimum absolute atomic E-state index is 0.0499. The molecule has 1 heterocycles. The van der Waals surface area contributed by atoms with E-state index in [0.717, 1.165) is 23.7 Å². The van der Waals surface area contributed by atoms with Gasteiger partial charge in [0.2, 0.25) is 5.91 Å². The molecular weight excluding hydrogens is 192 g/mol. The van der Waals surface area contributed by atoms with Crippen LogP contribution in [0.15, 0.2) is 18.2 Å². The zero-order chi connectivity index (χ0) is 10.8. The second kappa shape index (κ2) is 3.81. The van der Waals surface area contributed by atoms with E-state index in [9.17, 15) is 4.79 Å². The number of methoxy groups -OCH3 is 1. The van der Waals surface area contributed by atoms with Crippen LogP contribution in [0.25, 0.3) is 0 Å². The fourth-order valence-electron chi connectivity index (χ4n) is 1.68. The van der Waals surface area contributed by atoms with E-state index in [-0.39, 0.29) is 5.91 Å². The molecule has 2 rings (SSSR count). The largest absolute Gasteiger partial charge is 0.497 e. The van der Waals surface area contributed by atoms with Gasteiger partial charge in [-0.15, -0.1) is 0 Å². The number of carbonyl (C=O) groups excluding carboxylic acids is 1. The maximum absolute atomic E-state index is 11.4. The molecule has 0 aliphatic carbocycles. The molecule has 0 saturated carbocycles. The van der Waals surface area contributed by atoms with Crippen LogP contribution in [0.2, 0.25) is 0 Å². The number of fused-ring (bicyclic) bond motifs is 1. The van der Waals surface area contributed by atoms with Crippen LogP contribution < -0.4 is 15.0 Å². The molecule has 0 bridgehead atoms. The van der Waals surface area contributed by atoms with Crippen molar-refractivity contribution in [1.29, 1.82) is 0 Å². The zero-order valence-corrected chi connectivity index (χ0v) is 8.91. The van der Waals surface area contributed by atoms with Gasteiger partial charge in [-0.05, 0) is 12.1 Å². The van der Waals surface area contributed by atoms with E-state index in [0.29, 0.717) is 6.42 Å². The number of ether oxygens (including phenoxy) is 1. The van der Waals surface area contributed by atoms with E-state index in [2.05, 4.69) is 10.2 Å². The van der Waals surface area contributed by atoms with Crippen LogP contribution >= 0.6 is 0 Å². The Morgan fingerprint density at radius 1 is 1.47 bits per heavy atom. The molecule has 0 atom stereocenters. The number of carbonyl (C=O) groups is 1. The lowest BCUT2D eigenvalue weighted by Crippen LogP contribution is -2.18. The van der Waals surface area contributed by atoms with E-state index >= 15 is 0 Å². The molecule has 1 amide bonds. The first-order chi connectivity index (χ1) is 7.20. The third kappa shape index (κ3) is 1.88. The third-order valence-electron chi connectivity index (χ3n) is 2.56. The minimum Gasteiger partial charge on any atom is -0.497 e. The molecule has 1 aliphatic rings. The number of nitrogens with one attached hydrogen (secondary N) is 1. The van der Waals surface area contributed by atoms with Crippen molar-refractivity contribution >= 4 is 17.3 Å². The summed E-state index contributed by atoms with van der Waals surface area (Å²) in [6.45, 7) is 0.741. The zero-order valence-electron chi connectivity index (χ0n) is 8.91. The maximum Gasteiger partial charge on any atom is 0.226 e. The number of hydrogen-bond acceptors (Lipinski definition) is 3. The Morgan fingerprint density at radius 3 is 3.00 bits per heavy atom. The topological polar surface area (TPSA) is 41.6 Å². The van der Waals surface area contributed by atoms with Gasteiger partial charge in [0, 0.05) is 26.1 Å². The lowest BCUT2D eigenvalue weighted by atomic mass is 10.2. The number of amides is 1. The second-order valence-electron chi connectivity index (χ2n) is 3.60. The molecule has 15 heavy (non-hydrogen) atoms. The lowest BCUT2D eigenvalue weighted by Gasteiger charge is -2.18. The Balaban J connectivity index is 2.43. The molecule has 0 fully saturated rings. The van der Waals surface area contributed by atoms with Crippen LogP contribution in [-0.4, -0.2) is 26.6 Å². The Morgan fingerprint density at radius 2 is 2.27 bits per heavy atom. The fraction of sp³-hybridized carbons (Fsp3) is 0.364. The van der Waals surface area contributed by atoms with Gasteiger partial charge in [0.1, 0.15) is 5.75 Å². The van der Waals surface area contributed by atoms with Gasteiger partial charge in [-0.2, -0.15) is 0 Å². The summed E-state index contributed by atoms with van der Waals surface area (Å²) in [4.78, 5) is 13.5. The molecule has 80 valence electrons. The summed E-state index contributed by atoms with van der Waals surface area (Å²) in [5.41, 5.74) is 1.85. The van der Waals surface area contributed by atoms with Gasteiger partial charge in [-0.1, -0.05) is 0 Å². The molecule has 1 aromatic rings. The molecule has 4 nitrogen and oxygen atoms in total. The predicted octanol–water partition coefficient (Wildman–Crippen LogP) is 1.47. The molecule has 4 heteroatoms. The first-order valence-corrected chi connectivity index (χ1v) is 4.90. The molecule has 0 saturated heterocycles. The molecule has 0 unspecified atom stereocenters. The smallest absolute Gasteiger partial charge is 0.226 e. The lowest BCUT2D eigenvalue weighted by molar-refractivity contribution is -0.115. The summed E-state index contributed by atoms with van der Waals surface area (Å²) < 4.78 is 5.12. The second-order valence-corrected chi connectivity index (χ2v) is 3.60. The normalized spacial score (nSPS) is 15.3. The summed E-state index contributed by atoms with van der Waals surface area (Å²) in [7, 11) is 3.59. The summed E-state index contributed by atoms with van der Waals surface area (Å²) in [5, 5.41) is 2.87. The van der Waals surface area contributed by atoms with Crippen LogP contribution in [0.1, 0.15) is 6.42 Å². The van der Waals surface area contributed by atoms with E-state index < -0.39 is 0 Å². The number of anilines is 2. The van der Waals surface area contributed by atoms with E-state index in [1.807, 2.05) is 25.2 Å². The third-order valence-corrected chi connectivity index (χ3v) is 2.56. The van der Waals surface area contributed by atoms with Gasteiger partial charge >= 0.3 is 0 Å². The highest BCUT2D eigenvalue weighted by atomic mass is 16.5. The van der Waals surface area contributed by atoms with Crippen LogP contribution in [0.4, 0.5) is 11.4 Å². The van der Waals surface area contributed by atoms with Gasteiger partial charge in [0.25, 0.3) is 0 Å². The standard InChI is InChI=1S/C11H14N2O2/c1-13-6-5-11(14)12-9-7-8(15-2)3-4-10(9)13/h3-4,7H,5-6H2,1-2H3,(H,12,14). The number of benzene rings is 1. The van der Waals surface area contributed by atoms with Gasteiger partial charge in [-0.25, -0.2) is 0 Å². The Kier molecular flexibility index (Phi) is 2.49. The van der Waals surface area contributed by atoms with Crippen molar-refractivity contribution in [2.24, 2.45) is 0 Å². The van der Waals surface area contributed by atoms with E-state index in [1.165, 1.54) is 0 Å². The van der Waals surface area contributed by atoms with Gasteiger partial charge in [0.15, 0.2) is 0 Å². The van der Waals surface area contributed by atoms with Crippen LogP contribution in [-0.2, 0) is 4.79 Å². The monoisotopic (exact) mass is 206 g/mol. The fourth-order valence-corrected chi connectivity index (χ4v) is 1.68. The molecule has 1 N–H and O–H groups in total. The van der Waals surface area contributed by atoms with E-state index in [4.69, 9.17) is 4.74 Å². The van der Waals surface area contributed by atoms with E-state index in [1.54, 1.807) is 7.11 Å². The maximum atomic E-state index is 11.4. The summed E-state index contributed by atoms with van der Waals surface area (Å²) in [6.07, 6.45) is 0.521. The van der Waals surface area contributed by atoms with Crippen molar-refractivity contribution in [1.82, 2.24) is 0 Å². The quantitative estimate of drug-likeness (QED) is 0.756. The molecule has 1 aliphatic heterocycles. The number of rotatable bonds is 1. The van der Waals surface area contributed by atoms with Crippen molar-refractivity contribution in [2.45, 2.75) is 6.42 Å². The molecular formula is C11H14N2O2. The number of hydrogen-bond donors (Lipinski definition) is 1. The SMILES string of the molecule is COc1ccc2c(c1)NC(=O)CCN2C. The average Bonchev–Trinajstić information content (AvgIpc) is 2.38. The highest BCUT2D eigenvalue weighted by Gasteiger charge is 2.16. The highest BCUT2D eigenvalue weighted by Crippen LogP contribution is 2.31. The first-order valence-electron chi connectivity index (χ1n) is 4.90. The Labute approximate surface area is 88.8 Å². The Bertz CT molecular complexity index is 390. The summed E-state index contributed by atoms with van der Waals surface area (Å²) in [5.74, 6) is 0.804. The van der Waals surface area contributed by atoms with Gasteiger partial charge in [0.05, 0.1) is 18.5 Å². The average molecular weight is 206 g/mol. The van der Waals surface area contributed by atoms with Gasteiger partial charge in [-0.3, -0.25) is 4.79 Å². The highest BCUT2D eigenvalue weighted by molar-refractivity contribution is 5.96. The van der Waals surface area contributed by atoms with Crippen LogP contribution in [0, 0.1) is 0 Å². The summed E-state index contributed by atoms with van der Waals surface area (Å²) in [6, 6.07) is 5.70. The number of nitrogens with zero attached hydrogens (tertiary/aromatic N) is 1. The molecule has 0 aromatic heterocycles. The molecule has 1 aromatic carbocycles. The predicted molar refractivity (Wildman–Crippen MR) is 59.5 cm³/mol. The molecule has 0 spiro atoms.